The first-order chi connectivity index (χ1) is 17.0. The number of amides is 2. The third kappa shape index (κ3) is 4.81. The lowest BCUT2D eigenvalue weighted by atomic mass is 9.89. The molecule has 2 aromatic rings. The largest absolute Gasteiger partial charge is 0.481 e. The van der Waals surface area contributed by atoms with Gasteiger partial charge in [-0.25, -0.2) is 4.79 Å². The van der Waals surface area contributed by atoms with Gasteiger partial charge in [0.1, 0.15) is 6.61 Å². The summed E-state index contributed by atoms with van der Waals surface area (Å²) in [6.45, 7) is 0.235. The Bertz CT molecular complexity index is 1110. The third-order valence-corrected chi connectivity index (χ3v) is 7.51. The van der Waals surface area contributed by atoms with Crippen molar-refractivity contribution in [2.24, 2.45) is 11.8 Å². The average Bonchev–Trinajstić information content (AvgIpc) is 3.45. The Labute approximate surface area is 204 Å². The standard InChI is InChI=1S/C28H30N2O5/c31-26(30-25-14-6-13-23(25)27(32)33)17-7-5-8-18(15-17)29-28(34)35-16-24-21-11-3-1-9-19(21)20-10-2-4-12-22(20)24/h1-5,8-12,17-18,23-25H,6-7,13-16H2,(H,29,34)(H,30,31)(H,32,33). The normalized spacial score (nSPS) is 24.9. The van der Waals surface area contributed by atoms with Gasteiger partial charge in [-0.15, -0.1) is 0 Å². The third-order valence-electron chi connectivity index (χ3n) is 7.51. The van der Waals surface area contributed by atoms with Crippen molar-refractivity contribution in [2.75, 3.05) is 6.61 Å². The highest BCUT2D eigenvalue weighted by Crippen LogP contribution is 2.44. The Kier molecular flexibility index (Phi) is 6.57. The van der Waals surface area contributed by atoms with Crippen LogP contribution in [0.5, 0.6) is 0 Å². The van der Waals surface area contributed by atoms with Crippen LogP contribution in [-0.4, -0.2) is 41.8 Å². The van der Waals surface area contributed by atoms with Crippen LogP contribution in [0.3, 0.4) is 0 Å². The minimum atomic E-state index is -0.855. The number of carbonyl (C=O) groups is 3. The minimum absolute atomic E-state index is 0.0119. The predicted octanol–water partition coefficient (Wildman–Crippen LogP) is 4.23. The van der Waals surface area contributed by atoms with E-state index >= 15 is 0 Å². The number of aliphatic carboxylic acids is 1. The van der Waals surface area contributed by atoms with E-state index in [0.29, 0.717) is 25.7 Å². The zero-order chi connectivity index (χ0) is 24.4. The van der Waals surface area contributed by atoms with Crippen LogP contribution >= 0.6 is 0 Å². The molecule has 7 heteroatoms. The topological polar surface area (TPSA) is 105 Å². The van der Waals surface area contributed by atoms with Gasteiger partial charge >= 0.3 is 12.1 Å². The lowest BCUT2D eigenvalue weighted by molar-refractivity contribution is -0.142. The number of hydrogen-bond donors (Lipinski definition) is 3. The molecule has 0 heterocycles. The van der Waals surface area contributed by atoms with Crippen LogP contribution in [0.4, 0.5) is 4.79 Å². The molecule has 4 unspecified atom stereocenters. The summed E-state index contributed by atoms with van der Waals surface area (Å²) in [5.41, 5.74) is 4.66. The van der Waals surface area contributed by atoms with E-state index in [-0.39, 0.29) is 36.4 Å². The number of fused-ring (bicyclic) bond motifs is 3. The molecule has 1 saturated carbocycles. The number of alkyl carbamates (subject to hydrolysis) is 1. The van der Waals surface area contributed by atoms with E-state index in [2.05, 4.69) is 34.9 Å². The molecule has 0 bridgehead atoms. The Balaban J connectivity index is 1.15. The van der Waals surface area contributed by atoms with Gasteiger partial charge in [-0.05, 0) is 47.9 Å². The fraction of sp³-hybridized carbons (Fsp3) is 0.393. The second-order valence-corrected chi connectivity index (χ2v) is 9.66. The van der Waals surface area contributed by atoms with Gasteiger partial charge < -0.3 is 20.5 Å². The molecule has 3 aliphatic rings. The molecular weight excluding hydrogens is 444 g/mol. The lowest BCUT2D eigenvalue weighted by Gasteiger charge is -2.27. The summed E-state index contributed by atoms with van der Waals surface area (Å²) in [7, 11) is 0. The van der Waals surface area contributed by atoms with Gasteiger partial charge in [-0.3, -0.25) is 9.59 Å². The summed E-state index contributed by atoms with van der Waals surface area (Å²) in [6.07, 6.45) is 6.38. The van der Waals surface area contributed by atoms with E-state index in [1.165, 1.54) is 11.1 Å². The van der Waals surface area contributed by atoms with E-state index in [4.69, 9.17) is 4.74 Å². The van der Waals surface area contributed by atoms with E-state index in [1.54, 1.807) is 0 Å². The monoisotopic (exact) mass is 474 g/mol. The van der Waals surface area contributed by atoms with Crippen molar-refractivity contribution in [3.05, 3.63) is 71.8 Å². The second-order valence-electron chi connectivity index (χ2n) is 9.66. The van der Waals surface area contributed by atoms with Crippen LogP contribution in [0.25, 0.3) is 11.1 Å². The number of benzene rings is 2. The molecule has 3 aliphatic carbocycles. The smallest absolute Gasteiger partial charge is 0.407 e. The van der Waals surface area contributed by atoms with Gasteiger partial charge in [0.2, 0.25) is 5.91 Å². The number of carbonyl (C=O) groups excluding carboxylic acids is 2. The summed E-state index contributed by atoms with van der Waals surface area (Å²) < 4.78 is 5.64. The van der Waals surface area contributed by atoms with Gasteiger partial charge in [-0.2, -0.15) is 0 Å². The predicted molar refractivity (Wildman–Crippen MR) is 131 cm³/mol. The molecule has 35 heavy (non-hydrogen) atoms. The molecule has 2 aromatic carbocycles. The molecule has 0 radical (unpaired) electrons. The van der Waals surface area contributed by atoms with E-state index in [1.807, 2.05) is 36.4 Å². The van der Waals surface area contributed by atoms with Gasteiger partial charge in [0.05, 0.1) is 12.0 Å². The van der Waals surface area contributed by atoms with Crippen LogP contribution < -0.4 is 10.6 Å². The molecule has 0 aromatic heterocycles. The number of carboxylic acid groups (broad SMARTS) is 1. The van der Waals surface area contributed by atoms with Crippen molar-refractivity contribution >= 4 is 18.0 Å². The summed E-state index contributed by atoms with van der Waals surface area (Å²) in [6, 6.07) is 15.7. The molecule has 0 saturated heterocycles. The Morgan fingerprint density at radius 3 is 2.31 bits per heavy atom. The summed E-state index contributed by atoms with van der Waals surface area (Å²) in [5.74, 6) is -1.85. The van der Waals surface area contributed by atoms with E-state index in [9.17, 15) is 19.5 Å². The number of carboxylic acids is 1. The zero-order valence-electron chi connectivity index (χ0n) is 19.5. The first-order valence-corrected chi connectivity index (χ1v) is 12.3. The Morgan fingerprint density at radius 1 is 0.943 bits per heavy atom. The molecular formula is C28H30N2O5. The number of hydrogen-bond acceptors (Lipinski definition) is 4. The van der Waals surface area contributed by atoms with E-state index < -0.39 is 18.0 Å². The first kappa shape index (κ1) is 23.1. The van der Waals surface area contributed by atoms with Crippen molar-refractivity contribution in [1.82, 2.24) is 10.6 Å². The molecule has 0 spiro atoms. The number of nitrogens with one attached hydrogen (secondary N) is 2. The maximum atomic E-state index is 12.8. The number of rotatable bonds is 6. The molecule has 1 fully saturated rings. The molecule has 5 rings (SSSR count). The van der Waals surface area contributed by atoms with Crippen LogP contribution in [0.15, 0.2) is 60.7 Å². The van der Waals surface area contributed by atoms with Crippen molar-refractivity contribution < 1.29 is 24.2 Å². The van der Waals surface area contributed by atoms with Crippen molar-refractivity contribution in [3.63, 3.8) is 0 Å². The maximum absolute atomic E-state index is 12.8. The van der Waals surface area contributed by atoms with Crippen LogP contribution in [-0.2, 0) is 14.3 Å². The SMILES string of the molecule is O=C(NC1C=CCC(C(=O)NC2CCCC2C(=O)O)C1)OCC1c2ccccc2-c2ccccc21. The molecule has 0 aliphatic heterocycles. The summed E-state index contributed by atoms with van der Waals surface area (Å²) in [4.78, 5) is 36.8. The first-order valence-electron chi connectivity index (χ1n) is 12.3. The fourth-order valence-electron chi connectivity index (χ4n) is 5.73. The minimum Gasteiger partial charge on any atom is -0.481 e. The van der Waals surface area contributed by atoms with Crippen molar-refractivity contribution in [3.8, 4) is 11.1 Å². The van der Waals surface area contributed by atoms with Crippen LogP contribution in [0.1, 0.15) is 49.1 Å². The van der Waals surface area contributed by atoms with Crippen molar-refractivity contribution in [2.45, 2.75) is 50.1 Å². The average molecular weight is 475 g/mol. The summed E-state index contributed by atoms with van der Waals surface area (Å²) in [5, 5.41) is 15.2. The maximum Gasteiger partial charge on any atom is 0.407 e. The highest BCUT2D eigenvalue weighted by Gasteiger charge is 2.36. The Hall–Kier alpha value is -3.61. The van der Waals surface area contributed by atoms with Gasteiger partial charge in [0.15, 0.2) is 0 Å². The van der Waals surface area contributed by atoms with Crippen LogP contribution in [0, 0.1) is 11.8 Å². The molecule has 182 valence electrons. The fourth-order valence-corrected chi connectivity index (χ4v) is 5.73. The molecule has 4 atom stereocenters. The molecule has 7 nitrogen and oxygen atoms in total. The highest BCUT2D eigenvalue weighted by molar-refractivity contribution is 5.81. The van der Waals surface area contributed by atoms with Gasteiger partial charge in [0, 0.05) is 17.9 Å². The van der Waals surface area contributed by atoms with Crippen LogP contribution in [0.2, 0.25) is 0 Å². The summed E-state index contributed by atoms with van der Waals surface area (Å²) >= 11 is 0. The molecule has 2 amide bonds. The zero-order valence-corrected chi connectivity index (χ0v) is 19.5. The Morgan fingerprint density at radius 2 is 1.63 bits per heavy atom. The van der Waals surface area contributed by atoms with Crippen molar-refractivity contribution in [1.29, 1.82) is 0 Å². The molecule has 3 N–H and O–H groups in total. The number of ether oxygens (including phenoxy) is 1. The number of allylic oxidation sites excluding steroid dienone is 1. The van der Waals surface area contributed by atoms with Gasteiger partial charge in [-0.1, -0.05) is 67.1 Å². The van der Waals surface area contributed by atoms with E-state index in [0.717, 1.165) is 17.5 Å². The highest BCUT2D eigenvalue weighted by atomic mass is 16.5. The van der Waals surface area contributed by atoms with Gasteiger partial charge in [0.25, 0.3) is 0 Å². The lowest BCUT2D eigenvalue weighted by Crippen LogP contribution is -2.45. The quantitative estimate of drug-likeness (QED) is 0.544. The second kappa shape index (κ2) is 9.94.